The molecule has 8 nitrogen and oxygen atoms in total. The Morgan fingerprint density at radius 1 is 1.18 bits per heavy atom. The summed E-state index contributed by atoms with van der Waals surface area (Å²) in [6.07, 6.45) is -3.89. The number of anilines is 2. The maximum absolute atomic E-state index is 13.5. The number of aryl methyl sites for hydroxylation is 1. The number of ether oxygens (including phenoxy) is 3. The molecule has 2 fully saturated rings. The standard InChI is InChI=1S/C29H25F3N4O4/c1-35-24-14-25(40-20-6-11-38-16-20)19(15-33)13-21(24)26(34-27(35)37)36-10-12-39-17-22-18(3-2-4-23(22)36)5-7-28(8-9-28)29(30,31)32/h2-4,13-14,20H,6,8-12,16-17H2,1H3. The van der Waals surface area contributed by atoms with Crippen LogP contribution in [0.4, 0.5) is 24.7 Å². The average molecular weight is 551 g/mol. The molecule has 3 aliphatic rings. The van der Waals surface area contributed by atoms with Gasteiger partial charge in [-0.3, -0.25) is 4.57 Å². The van der Waals surface area contributed by atoms with E-state index in [1.54, 1.807) is 42.3 Å². The summed E-state index contributed by atoms with van der Waals surface area (Å²) in [7, 11) is 1.59. The molecule has 1 saturated carbocycles. The number of fused-ring (bicyclic) bond motifs is 2. The summed E-state index contributed by atoms with van der Waals surface area (Å²) in [4.78, 5) is 19.2. The Balaban J connectivity index is 1.47. The van der Waals surface area contributed by atoms with Crippen molar-refractivity contribution in [1.29, 1.82) is 5.26 Å². The lowest BCUT2D eigenvalue weighted by atomic mass is 10.0. The van der Waals surface area contributed by atoms with Crippen LogP contribution in [0.25, 0.3) is 10.9 Å². The molecule has 0 spiro atoms. The van der Waals surface area contributed by atoms with Gasteiger partial charge in [0.2, 0.25) is 0 Å². The van der Waals surface area contributed by atoms with Gasteiger partial charge in [-0.05, 0) is 31.0 Å². The molecule has 11 heteroatoms. The molecule has 0 N–H and O–H groups in total. The Bertz CT molecular complexity index is 1650. The van der Waals surface area contributed by atoms with E-state index in [-0.39, 0.29) is 37.7 Å². The van der Waals surface area contributed by atoms with Crippen molar-refractivity contribution in [2.75, 3.05) is 31.3 Å². The SMILES string of the molecule is Cn1c(=O)nc(N2CCOCc3c(C#CC4(C(F)(F)F)CC4)cccc32)c2cc(C#N)c(OC3CCOC3)cc21. The minimum absolute atomic E-state index is 0.00886. The van der Waals surface area contributed by atoms with E-state index in [2.05, 4.69) is 22.9 Å². The van der Waals surface area contributed by atoms with Crippen molar-refractivity contribution >= 4 is 22.4 Å². The largest absolute Gasteiger partial charge is 0.486 e. The number of nitriles is 1. The number of halogens is 3. The van der Waals surface area contributed by atoms with Crippen LogP contribution in [0.15, 0.2) is 35.1 Å². The van der Waals surface area contributed by atoms with Crippen molar-refractivity contribution in [2.24, 2.45) is 12.5 Å². The molecule has 2 aromatic carbocycles. The summed E-state index contributed by atoms with van der Waals surface area (Å²) in [6, 6.07) is 10.7. The predicted octanol–water partition coefficient (Wildman–Crippen LogP) is 4.34. The first-order chi connectivity index (χ1) is 19.2. The normalized spacial score (nSPS) is 19.8. The van der Waals surface area contributed by atoms with E-state index < -0.39 is 17.3 Å². The summed E-state index contributed by atoms with van der Waals surface area (Å²) >= 11 is 0. The van der Waals surface area contributed by atoms with Gasteiger partial charge >= 0.3 is 11.9 Å². The zero-order valence-electron chi connectivity index (χ0n) is 21.7. The fraction of sp³-hybridized carbons (Fsp3) is 0.414. The molecule has 1 atom stereocenters. The fourth-order valence-electron chi connectivity index (χ4n) is 5.09. The van der Waals surface area contributed by atoms with Crippen molar-refractivity contribution in [3.8, 4) is 23.7 Å². The lowest BCUT2D eigenvalue weighted by molar-refractivity contribution is -0.168. The molecule has 6 rings (SSSR count). The van der Waals surface area contributed by atoms with Gasteiger partial charge in [-0.1, -0.05) is 17.9 Å². The van der Waals surface area contributed by atoms with Gasteiger partial charge in [-0.15, -0.1) is 0 Å². The Hall–Kier alpha value is -4.06. The number of hydrogen-bond donors (Lipinski definition) is 0. The van der Waals surface area contributed by atoms with Crippen LogP contribution in [0.3, 0.4) is 0 Å². The Kier molecular flexibility index (Phi) is 6.44. The number of aromatic nitrogens is 2. The summed E-state index contributed by atoms with van der Waals surface area (Å²) < 4.78 is 59.1. The van der Waals surface area contributed by atoms with Crippen molar-refractivity contribution < 1.29 is 27.4 Å². The van der Waals surface area contributed by atoms with Gasteiger partial charge in [0.25, 0.3) is 0 Å². The highest BCUT2D eigenvalue weighted by Crippen LogP contribution is 2.57. The molecule has 1 aliphatic carbocycles. The van der Waals surface area contributed by atoms with E-state index in [1.807, 2.05) is 0 Å². The molecule has 206 valence electrons. The van der Waals surface area contributed by atoms with Crippen molar-refractivity contribution in [1.82, 2.24) is 9.55 Å². The second kappa shape index (κ2) is 9.84. The van der Waals surface area contributed by atoms with Gasteiger partial charge < -0.3 is 19.1 Å². The van der Waals surface area contributed by atoms with Gasteiger partial charge in [0.05, 0.1) is 37.5 Å². The maximum atomic E-state index is 13.5. The smallest absolute Gasteiger partial charge is 0.405 e. The van der Waals surface area contributed by atoms with Crippen molar-refractivity contribution in [2.45, 2.75) is 38.1 Å². The molecule has 0 radical (unpaired) electrons. The quantitative estimate of drug-likeness (QED) is 0.449. The zero-order chi connectivity index (χ0) is 28.1. The predicted molar refractivity (Wildman–Crippen MR) is 139 cm³/mol. The van der Waals surface area contributed by atoms with Crippen LogP contribution in [0.2, 0.25) is 0 Å². The Morgan fingerprint density at radius 3 is 2.70 bits per heavy atom. The lowest BCUT2D eigenvalue weighted by Crippen LogP contribution is -2.28. The monoisotopic (exact) mass is 550 g/mol. The zero-order valence-corrected chi connectivity index (χ0v) is 21.7. The van der Waals surface area contributed by atoms with Crippen molar-refractivity contribution in [3.05, 3.63) is 57.5 Å². The van der Waals surface area contributed by atoms with Crippen LogP contribution < -0.4 is 15.3 Å². The summed E-state index contributed by atoms with van der Waals surface area (Å²) in [5, 5.41) is 10.5. The van der Waals surface area contributed by atoms with E-state index in [1.165, 1.54) is 4.57 Å². The number of alkyl halides is 3. The third-order valence-electron chi connectivity index (χ3n) is 7.62. The van der Waals surface area contributed by atoms with Crippen LogP contribution in [-0.4, -0.2) is 48.2 Å². The van der Waals surface area contributed by atoms with Crippen molar-refractivity contribution in [3.63, 3.8) is 0 Å². The van der Waals surface area contributed by atoms with Crippen LogP contribution in [-0.2, 0) is 23.1 Å². The molecule has 1 saturated heterocycles. The molecular weight excluding hydrogens is 525 g/mol. The van der Waals surface area contributed by atoms with Gasteiger partial charge in [-0.25, -0.2) is 4.79 Å². The lowest BCUT2D eigenvalue weighted by Gasteiger charge is -2.26. The van der Waals surface area contributed by atoms with Gasteiger partial charge in [0.15, 0.2) is 0 Å². The van der Waals surface area contributed by atoms with Gasteiger partial charge in [-0.2, -0.15) is 23.4 Å². The van der Waals surface area contributed by atoms with Gasteiger partial charge in [0.1, 0.15) is 29.2 Å². The van der Waals surface area contributed by atoms with Crippen LogP contribution >= 0.6 is 0 Å². The topological polar surface area (TPSA) is 89.6 Å². The minimum Gasteiger partial charge on any atom is -0.486 e. The second-order valence-corrected chi connectivity index (χ2v) is 10.2. The first-order valence-corrected chi connectivity index (χ1v) is 13.0. The van der Waals surface area contributed by atoms with E-state index in [4.69, 9.17) is 14.2 Å². The average Bonchev–Trinajstić information content (AvgIpc) is 3.63. The Labute approximate surface area is 227 Å². The highest BCUT2D eigenvalue weighted by atomic mass is 19.4. The summed E-state index contributed by atoms with van der Waals surface area (Å²) in [6.45, 7) is 1.74. The van der Waals surface area contributed by atoms with E-state index in [9.17, 15) is 23.2 Å². The number of hydrogen-bond acceptors (Lipinski definition) is 7. The minimum atomic E-state index is -4.38. The molecule has 1 unspecified atom stereocenters. The molecule has 2 aliphatic heterocycles. The molecule has 0 amide bonds. The first-order valence-electron chi connectivity index (χ1n) is 13.0. The number of nitrogens with zero attached hydrogens (tertiary/aromatic N) is 4. The molecular formula is C29H25F3N4O4. The third-order valence-corrected chi connectivity index (χ3v) is 7.62. The van der Waals surface area contributed by atoms with Gasteiger partial charge in [0, 0.05) is 48.3 Å². The fourth-order valence-corrected chi connectivity index (χ4v) is 5.09. The molecule has 1 aromatic heterocycles. The highest BCUT2D eigenvalue weighted by molar-refractivity contribution is 5.94. The maximum Gasteiger partial charge on any atom is 0.405 e. The highest BCUT2D eigenvalue weighted by Gasteiger charge is 2.62. The van der Waals surface area contributed by atoms with Crippen LogP contribution in [0, 0.1) is 28.6 Å². The first kappa shape index (κ1) is 26.2. The van der Waals surface area contributed by atoms with E-state index in [0.717, 1.165) is 0 Å². The summed E-state index contributed by atoms with van der Waals surface area (Å²) in [5.74, 6) is 5.91. The van der Waals surface area contributed by atoms with E-state index in [0.29, 0.717) is 65.5 Å². The van der Waals surface area contributed by atoms with Crippen LogP contribution in [0.5, 0.6) is 5.75 Å². The Morgan fingerprint density at radius 2 is 2.00 bits per heavy atom. The molecule has 3 heterocycles. The number of benzene rings is 2. The molecule has 40 heavy (non-hydrogen) atoms. The summed E-state index contributed by atoms with van der Waals surface area (Å²) in [5.41, 5.74) is 0.0158. The number of rotatable bonds is 3. The van der Waals surface area contributed by atoms with Crippen LogP contribution in [0.1, 0.15) is 36.0 Å². The molecule has 0 bridgehead atoms. The third kappa shape index (κ3) is 4.55. The van der Waals surface area contributed by atoms with E-state index >= 15 is 0 Å². The molecule has 3 aromatic rings. The second-order valence-electron chi connectivity index (χ2n) is 10.2.